The van der Waals surface area contributed by atoms with Gasteiger partial charge in [0.2, 0.25) is 5.91 Å². The molecule has 5 nitrogen and oxygen atoms in total. The average molecular weight is 308 g/mol. The SMILES string of the molecule is CCCNCCN(CCN(C)CC(O)CCl)C(=O)CC. The summed E-state index contributed by atoms with van der Waals surface area (Å²) >= 11 is 5.58. The molecule has 0 bridgehead atoms. The molecule has 0 aromatic heterocycles. The molecule has 0 saturated carbocycles. The van der Waals surface area contributed by atoms with Crippen LogP contribution in [0.25, 0.3) is 0 Å². The highest BCUT2D eigenvalue weighted by atomic mass is 35.5. The second-order valence-electron chi connectivity index (χ2n) is 5.05. The number of rotatable bonds is 12. The Bertz CT molecular complexity index is 255. The van der Waals surface area contributed by atoms with Crippen molar-refractivity contribution in [1.82, 2.24) is 15.1 Å². The Morgan fingerprint density at radius 2 is 1.95 bits per heavy atom. The zero-order chi connectivity index (χ0) is 15.4. The van der Waals surface area contributed by atoms with Crippen molar-refractivity contribution < 1.29 is 9.90 Å². The molecular formula is C14H30ClN3O2. The van der Waals surface area contributed by atoms with E-state index in [4.69, 9.17) is 11.6 Å². The summed E-state index contributed by atoms with van der Waals surface area (Å²) in [6.07, 6.45) is 1.12. The topological polar surface area (TPSA) is 55.8 Å². The second-order valence-corrected chi connectivity index (χ2v) is 5.36. The molecule has 0 fully saturated rings. The molecule has 0 rings (SSSR count). The molecule has 120 valence electrons. The third-order valence-electron chi connectivity index (χ3n) is 3.09. The first kappa shape index (κ1) is 19.6. The Kier molecular flexibility index (Phi) is 12.2. The fourth-order valence-electron chi connectivity index (χ4n) is 1.89. The molecule has 0 aliphatic rings. The van der Waals surface area contributed by atoms with Crippen LogP contribution in [0.2, 0.25) is 0 Å². The molecule has 0 aromatic carbocycles. The van der Waals surface area contributed by atoms with Crippen molar-refractivity contribution in [2.45, 2.75) is 32.8 Å². The van der Waals surface area contributed by atoms with Crippen molar-refractivity contribution in [3.05, 3.63) is 0 Å². The van der Waals surface area contributed by atoms with Crippen LogP contribution in [0.15, 0.2) is 0 Å². The summed E-state index contributed by atoms with van der Waals surface area (Å²) in [7, 11) is 1.93. The molecule has 0 radical (unpaired) electrons. The van der Waals surface area contributed by atoms with E-state index in [9.17, 15) is 9.90 Å². The largest absolute Gasteiger partial charge is 0.391 e. The number of hydrogen-bond acceptors (Lipinski definition) is 4. The number of nitrogens with one attached hydrogen (secondary N) is 1. The molecule has 1 atom stereocenters. The number of carbonyl (C=O) groups is 1. The number of hydrogen-bond donors (Lipinski definition) is 2. The second kappa shape index (κ2) is 12.4. The molecule has 6 heteroatoms. The van der Waals surface area contributed by atoms with E-state index in [1.165, 1.54) is 0 Å². The predicted octanol–water partition coefficient (Wildman–Crippen LogP) is 0.756. The maximum Gasteiger partial charge on any atom is 0.222 e. The van der Waals surface area contributed by atoms with E-state index in [0.717, 1.165) is 32.6 Å². The molecule has 0 heterocycles. The minimum absolute atomic E-state index is 0.176. The molecule has 0 aromatic rings. The zero-order valence-electron chi connectivity index (χ0n) is 13.1. The van der Waals surface area contributed by atoms with E-state index in [2.05, 4.69) is 12.2 Å². The van der Waals surface area contributed by atoms with E-state index >= 15 is 0 Å². The van der Waals surface area contributed by atoms with Crippen molar-refractivity contribution in [2.75, 3.05) is 52.2 Å². The van der Waals surface area contributed by atoms with E-state index in [0.29, 0.717) is 19.5 Å². The van der Waals surface area contributed by atoms with Gasteiger partial charge in [-0.2, -0.15) is 0 Å². The monoisotopic (exact) mass is 307 g/mol. The number of halogens is 1. The minimum Gasteiger partial charge on any atom is -0.391 e. The van der Waals surface area contributed by atoms with Crippen LogP contribution in [0.4, 0.5) is 0 Å². The highest BCUT2D eigenvalue weighted by molar-refractivity contribution is 6.18. The van der Waals surface area contributed by atoms with Gasteiger partial charge in [0.05, 0.1) is 6.10 Å². The van der Waals surface area contributed by atoms with Crippen LogP contribution in [-0.2, 0) is 4.79 Å². The third kappa shape index (κ3) is 9.53. The summed E-state index contributed by atoms with van der Waals surface area (Å²) < 4.78 is 0. The van der Waals surface area contributed by atoms with Gasteiger partial charge in [0.25, 0.3) is 0 Å². The molecule has 0 spiro atoms. The predicted molar refractivity (Wildman–Crippen MR) is 84.3 cm³/mol. The van der Waals surface area contributed by atoms with Gasteiger partial charge >= 0.3 is 0 Å². The fraction of sp³-hybridized carbons (Fsp3) is 0.929. The van der Waals surface area contributed by atoms with Crippen LogP contribution < -0.4 is 5.32 Å². The van der Waals surface area contributed by atoms with Gasteiger partial charge in [0.1, 0.15) is 0 Å². The van der Waals surface area contributed by atoms with Gasteiger partial charge in [-0.05, 0) is 20.0 Å². The van der Waals surface area contributed by atoms with E-state index < -0.39 is 6.10 Å². The number of alkyl halides is 1. The Labute approximate surface area is 128 Å². The first-order valence-corrected chi connectivity index (χ1v) is 7.99. The van der Waals surface area contributed by atoms with Gasteiger partial charge in [-0.15, -0.1) is 11.6 Å². The maximum atomic E-state index is 11.9. The van der Waals surface area contributed by atoms with Crippen molar-refractivity contribution in [3.63, 3.8) is 0 Å². The fourth-order valence-corrected chi connectivity index (χ4v) is 1.99. The smallest absolute Gasteiger partial charge is 0.222 e. The van der Waals surface area contributed by atoms with E-state index in [-0.39, 0.29) is 11.8 Å². The number of aliphatic hydroxyl groups excluding tert-OH is 1. The van der Waals surface area contributed by atoms with Gasteiger partial charge in [-0.1, -0.05) is 13.8 Å². The highest BCUT2D eigenvalue weighted by Gasteiger charge is 2.13. The summed E-state index contributed by atoms with van der Waals surface area (Å²) in [4.78, 5) is 15.8. The van der Waals surface area contributed by atoms with Gasteiger partial charge in [-0.3, -0.25) is 4.79 Å². The van der Waals surface area contributed by atoms with Gasteiger partial charge in [-0.25, -0.2) is 0 Å². The van der Waals surface area contributed by atoms with Crippen LogP contribution in [0.3, 0.4) is 0 Å². The van der Waals surface area contributed by atoms with Gasteiger partial charge in [0, 0.05) is 45.0 Å². The molecular weight excluding hydrogens is 278 g/mol. The number of aliphatic hydroxyl groups is 1. The number of carbonyl (C=O) groups excluding carboxylic acids is 1. The summed E-state index contributed by atoms with van der Waals surface area (Å²) in [5, 5.41) is 12.8. The maximum absolute atomic E-state index is 11.9. The third-order valence-corrected chi connectivity index (χ3v) is 3.45. The summed E-state index contributed by atoms with van der Waals surface area (Å²) in [6, 6.07) is 0. The van der Waals surface area contributed by atoms with Crippen LogP contribution in [-0.4, -0.2) is 79.1 Å². The van der Waals surface area contributed by atoms with Crippen molar-refractivity contribution >= 4 is 17.5 Å². The lowest BCUT2D eigenvalue weighted by Gasteiger charge is -2.26. The average Bonchev–Trinajstić information content (AvgIpc) is 2.45. The molecule has 20 heavy (non-hydrogen) atoms. The molecule has 0 saturated heterocycles. The van der Waals surface area contributed by atoms with Crippen molar-refractivity contribution in [2.24, 2.45) is 0 Å². The number of likely N-dealkylation sites (N-methyl/N-ethyl adjacent to an activating group) is 1. The van der Waals surface area contributed by atoms with Crippen molar-refractivity contribution in [1.29, 1.82) is 0 Å². The molecule has 0 aliphatic heterocycles. The molecule has 1 unspecified atom stereocenters. The summed E-state index contributed by atoms with van der Waals surface area (Å²) in [5.41, 5.74) is 0. The van der Waals surface area contributed by atoms with E-state index in [1.807, 2.05) is 23.8 Å². The van der Waals surface area contributed by atoms with Crippen LogP contribution in [0.1, 0.15) is 26.7 Å². The Morgan fingerprint density at radius 3 is 2.50 bits per heavy atom. The van der Waals surface area contributed by atoms with Crippen LogP contribution in [0.5, 0.6) is 0 Å². The minimum atomic E-state index is -0.511. The molecule has 1 amide bonds. The lowest BCUT2D eigenvalue weighted by Crippen LogP contribution is -2.42. The van der Waals surface area contributed by atoms with Crippen LogP contribution >= 0.6 is 11.6 Å². The van der Waals surface area contributed by atoms with Crippen molar-refractivity contribution in [3.8, 4) is 0 Å². The first-order chi connectivity index (χ1) is 9.54. The lowest BCUT2D eigenvalue weighted by atomic mass is 10.3. The number of amides is 1. The number of nitrogens with zero attached hydrogens (tertiary/aromatic N) is 2. The van der Waals surface area contributed by atoms with Gasteiger partial charge in [0.15, 0.2) is 0 Å². The highest BCUT2D eigenvalue weighted by Crippen LogP contribution is 1.97. The Balaban J connectivity index is 4.05. The Hall–Kier alpha value is -0.360. The van der Waals surface area contributed by atoms with E-state index in [1.54, 1.807) is 0 Å². The molecule has 0 aliphatic carbocycles. The van der Waals surface area contributed by atoms with Gasteiger partial charge < -0.3 is 20.2 Å². The standard InChI is InChI=1S/C14H30ClN3O2/c1-4-6-16-7-8-18(14(20)5-2)10-9-17(3)12-13(19)11-15/h13,16,19H,4-12H2,1-3H3. The first-order valence-electron chi connectivity index (χ1n) is 7.46. The quantitative estimate of drug-likeness (QED) is 0.413. The Morgan fingerprint density at radius 1 is 1.25 bits per heavy atom. The molecule has 2 N–H and O–H groups in total. The van der Waals surface area contributed by atoms with Crippen LogP contribution in [0, 0.1) is 0 Å². The normalized spacial score (nSPS) is 12.7. The lowest BCUT2D eigenvalue weighted by molar-refractivity contribution is -0.131. The summed E-state index contributed by atoms with van der Waals surface area (Å²) in [6.45, 7) is 8.52. The summed E-state index contributed by atoms with van der Waals surface area (Å²) in [5.74, 6) is 0.415. The zero-order valence-corrected chi connectivity index (χ0v) is 13.8.